The predicted molar refractivity (Wildman–Crippen MR) is 80.5 cm³/mol. The van der Waals surface area contributed by atoms with Gasteiger partial charge >= 0.3 is 0 Å². The van der Waals surface area contributed by atoms with Crippen LogP contribution < -0.4 is 11.1 Å². The number of aryl methyl sites for hydroxylation is 1. The fourth-order valence-electron chi connectivity index (χ4n) is 1.69. The van der Waals surface area contributed by atoms with Crippen molar-refractivity contribution in [1.82, 2.24) is 4.98 Å². The number of nitro groups is 1. The highest BCUT2D eigenvalue weighted by atomic mass is 32.1. The van der Waals surface area contributed by atoms with E-state index in [-0.39, 0.29) is 23.1 Å². The molecule has 1 aromatic carbocycles. The maximum absolute atomic E-state index is 12.1. The van der Waals surface area contributed by atoms with E-state index < -0.39 is 10.8 Å². The second-order valence-electron chi connectivity index (χ2n) is 4.59. The van der Waals surface area contributed by atoms with E-state index in [2.05, 4.69) is 10.3 Å². The van der Waals surface area contributed by atoms with E-state index in [1.807, 2.05) is 0 Å². The Morgan fingerprint density at radius 2 is 2.24 bits per heavy atom. The van der Waals surface area contributed by atoms with Gasteiger partial charge in [-0.05, 0) is 25.5 Å². The number of amides is 1. The molecule has 1 amide bonds. The molecule has 21 heavy (non-hydrogen) atoms. The molecule has 0 radical (unpaired) electrons. The summed E-state index contributed by atoms with van der Waals surface area (Å²) >= 11 is 1.28. The molecule has 8 heteroatoms. The number of nitrogens with zero attached hydrogens (tertiary/aromatic N) is 2. The summed E-state index contributed by atoms with van der Waals surface area (Å²) in [6, 6.07) is 4.34. The van der Waals surface area contributed by atoms with Crippen molar-refractivity contribution in [3.8, 4) is 0 Å². The first-order valence-corrected chi connectivity index (χ1v) is 7.04. The minimum absolute atomic E-state index is 0.144. The largest absolute Gasteiger partial charge is 0.322 e. The van der Waals surface area contributed by atoms with Crippen LogP contribution in [0, 0.1) is 17.0 Å². The van der Waals surface area contributed by atoms with Crippen LogP contribution in [-0.4, -0.2) is 15.8 Å². The number of nitrogens with two attached hydrogens (primary N) is 1. The molecule has 0 aliphatic heterocycles. The standard InChI is InChI=1S/C13H14N4O3S/c1-7-3-4-9(11(5-7)17(19)20)15-12(18)10-6-21-13(16-10)8(2)14/h3-6,8H,14H2,1-2H3,(H,15,18). The van der Waals surface area contributed by atoms with Crippen LogP contribution in [0.5, 0.6) is 0 Å². The maximum atomic E-state index is 12.1. The third-order valence-corrected chi connectivity index (χ3v) is 3.79. The van der Waals surface area contributed by atoms with Gasteiger partial charge in [0.2, 0.25) is 0 Å². The molecule has 110 valence electrons. The van der Waals surface area contributed by atoms with Crippen LogP contribution >= 0.6 is 11.3 Å². The average molecular weight is 306 g/mol. The summed E-state index contributed by atoms with van der Waals surface area (Å²) in [6.07, 6.45) is 0. The number of aromatic nitrogens is 1. The van der Waals surface area contributed by atoms with E-state index in [9.17, 15) is 14.9 Å². The lowest BCUT2D eigenvalue weighted by molar-refractivity contribution is -0.384. The molecule has 0 fully saturated rings. The van der Waals surface area contributed by atoms with Gasteiger partial charge in [-0.2, -0.15) is 0 Å². The van der Waals surface area contributed by atoms with Gasteiger partial charge in [-0.15, -0.1) is 11.3 Å². The Balaban J connectivity index is 2.25. The van der Waals surface area contributed by atoms with Gasteiger partial charge in [-0.3, -0.25) is 14.9 Å². The zero-order chi connectivity index (χ0) is 15.6. The normalized spacial score (nSPS) is 12.0. The molecular weight excluding hydrogens is 292 g/mol. The number of benzene rings is 1. The highest BCUT2D eigenvalue weighted by molar-refractivity contribution is 7.09. The van der Waals surface area contributed by atoms with Gasteiger partial charge in [0.05, 0.1) is 11.0 Å². The first kappa shape index (κ1) is 15.1. The van der Waals surface area contributed by atoms with Crippen molar-refractivity contribution in [2.24, 2.45) is 5.73 Å². The van der Waals surface area contributed by atoms with Gasteiger partial charge in [0.1, 0.15) is 16.4 Å². The Morgan fingerprint density at radius 3 is 2.81 bits per heavy atom. The van der Waals surface area contributed by atoms with Crippen LogP contribution in [0.2, 0.25) is 0 Å². The van der Waals surface area contributed by atoms with Gasteiger partial charge in [-0.25, -0.2) is 4.98 Å². The third kappa shape index (κ3) is 3.41. The van der Waals surface area contributed by atoms with E-state index in [4.69, 9.17) is 5.73 Å². The predicted octanol–water partition coefficient (Wildman–Crippen LogP) is 2.63. The molecule has 2 aromatic rings. The van der Waals surface area contributed by atoms with Gasteiger partial charge in [0.15, 0.2) is 0 Å². The Hall–Kier alpha value is -2.32. The molecule has 1 heterocycles. The van der Waals surface area contributed by atoms with Crippen LogP contribution in [0.3, 0.4) is 0 Å². The molecule has 0 aliphatic carbocycles. The summed E-state index contributed by atoms with van der Waals surface area (Å²) in [5.74, 6) is -0.495. The Morgan fingerprint density at radius 1 is 1.52 bits per heavy atom. The molecule has 0 saturated heterocycles. The number of thiazole rings is 1. The number of rotatable bonds is 4. The number of nitrogens with one attached hydrogen (secondary N) is 1. The number of nitro benzene ring substituents is 1. The molecule has 1 atom stereocenters. The Kier molecular flexibility index (Phi) is 4.29. The minimum atomic E-state index is -0.531. The van der Waals surface area contributed by atoms with Crippen molar-refractivity contribution in [2.75, 3.05) is 5.32 Å². The fourth-order valence-corrected chi connectivity index (χ4v) is 2.44. The van der Waals surface area contributed by atoms with Crippen LogP contribution in [0.25, 0.3) is 0 Å². The first-order chi connectivity index (χ1) is 9.88. The molecule has 7 nitrogen and oxygen atoms in total. The number of hydrogen-bond acceptors (Lipinski definition) is 6. The summed E-state index contributed by atoms with van der Waals surface area (Å²) < 4.78 is 0. The second kappa shape index (κ2) is 5.98. The minimum Gasteiger partial charge on any atom is -0.322 e. The van der Waals surface area contributed by atoms with Crippen molar-refractivity contribution in [3.63, 3.8) is 0 Å². The lowest BCUT2D eigenvalue weighted by Crippen LogP contribution is -2.14. The number of anilines is 1. The highest BCUT2D eigenvalue weighted by Gasteiger charge is 2.18. The molecule has 3 N–H and O–H groups in total. The van der Waals surface area contributed by atoms with Crippen molar-refractivity contribution >= 4 is 28.6 Å². The summed E-state index contributed by atoms with van der Waals surface area (Å²) in [4.78, 5) is 26.7. The van der Waals surface area contributed by atoms with Crippen LogP contribution in [-0.2, 0) is 0 Å². The van der Waals surface area contributed by atoms with Crippen LogP contribution in [0.4, 0.5) is 11.4 Å². The van der Waals surface area contributed by atoms with Crippen LogP contribution in [0.15, 0.2) is 23.6 Å². The highest BCUT2D eigenvalue weighted by Crippen LogP contribution is 2.26. The quantitative estimate of drug-likeness (QED) is 0.666. The van der Waals surface area contributed by atoms with Crippen molar-refractivity contribution in [1.29, 1.82) is 0 Å². The summed E-state index contributed by atoms with van der Waals surface area (Å²) in [5.41, 5.74) is 6.62. The van der Waals surface area contributed by atoms with E-state index in [0.717, 1.165) is 5.56 Å². The van der Waals surface area contributed by atoms with Gasteiger partial charge in [0, 0.05) is 11.4 Å². The molecule has 1 unspecified atom stereocenters. The van der Waals surface area contributed by atoms with Gasteiger partial charge in [0.25, 0.3) is 11.6 Å². The summed E-state index contributed by atoms with van der Waals surface area (Å²) in [5, 5.41) is 15.7. The number of carbonyl (C=O) groups excluding carboxylic acids is 1. The molecule has 0 aliphatic rings. The molecule has 0 bridgehead atoms. The van der Waals surface area contributed by atoms with E-state index in [0.29, 0.717) is 5.01 Å². The molecular formula is C13H14N4O3S. The Bertz CT molecular complexity index is 696. The monoisotopic (exact) mass is 306 g/mol. The van der Waals surface area contributed by atoms with Crippen molar-refractivity contribution in [3.05, 3.63) is 50.0 Å². The number of carbonyl (C=O) groups is 1. The van der Waals surface area contributed by atoms with E-state index >= 15 is 0 Å². The molecule has 1 aromatic heterocycles. The number of hydrogen-bond donors (Lipinski definition) is 2. The van der Waals surface area contributed by atoms with E-state index in [1.54, 1.807) is 25.3 Å². The van der Waals surface area contributed by atoms with Crippen molar-refractivity contribution in [2.45, 2.75) is 19.9 Å². The summed E-state index contributed by atoms with van der Waals surface area (Å²) in [6.45, 7) is 3.51. The second-order valence-corrected chi connectivity index (χ2v) is 5.48. The zero-order valence-electron chi connectivity index (χ0n) is 11.5. The lowest BCUT2D eigenvalue weighted by atomic mass is 10.2. The van der Waals surface area contributed by atoms with Gasteiger partial charge < -0.3 is 11.1 Å². The first-order valence-electron chi connectivity index (χ1n) is 6.16. The molecule has 0 spiro atoms. The van der Waals surface area contributed by atoms with Crippen LogP contribution in [0.1, 0.15) is 34.0 Å². The zero-order valence-corrected chi connectivity index (χ0v) is 12.3. The maximum Gasteiger partial charge on any atom is 0.293 e. The van der Waals surface area contributed by atoms with E-state index in [1.165, 1.54) is 23.5 Å². The SMILES string of the molecule is Cc1ccc(NC(=O)c2csc(C(C)N)n2)c([N+](=O)[O-])c1. The Labute approximate surface area is 125 Å². The molecule has 0 saturated carbocycles. The third-order valence-electron chi connectivity index (χ3n) is 2.74. The van der Waals surface area contributed by atoms with Gasteiger partial charge in [-0.1, -0.05) is 6.07 Å². The fraction of sp³-hybridized carbons (Fsp3) is 0.231. The lowest BCUT2D eigenvalue weighted by Gasteiger charge is -2.05. The van der Waals surface area contributed by atoms with Crippen molar-refractivity contribution < 1.29 is 9.72 Å². The topological polar surface area (TPSA) is 111 Å². The average Bonchev–Trinajstić information content (AvgIpc) is 2.90. The smallest absolute Gasteiger partial charge is 0.293 e. The summed E-state index contributed by atoms with van der Waals surface area (Å²) in [7, 11) is 0. The molecule has 2 rings (SSSR count).